The molecule has 2 rings (SSSR count). The largest absolute Gasteiger partial charge is 0.468 e. The molecule has 0 bridgehead atoms. The van der Waals surface area contributed by atoms with Gasteiger partial charge in [-0.05, 0) is 43.6 Å². The molecule has 1 saturated heterocycles. The molecule has 0 spiro atoms. The van der Waals surface area contributed by atoms with Gasteiger partial charge in [0.2, 0.25) is 0 Å². The van der Waals surface area contributed by atoms with Gasteiger partial charge in [0.1, 0.15) is 5.76 Å². The third-order valence-corrected chi connectivity index (χ3v) is 3.57. The van der Waals surface area contributed by atoms with Gasteiger partial charge in [-0.25, -0.2) is 0 Å². The Labute approximate surface area is 97.8 Å². The van der Waals surface area contributed by atoms with Gasteiger partial charge in [-0.1, -0.05) is 13.8 Å². The molecule has 1 aromatic heterocycles. The number of rotatable bonds is 6. The van der Waals surface area contributed by atoms with Crippen molar-refractivity contribution >= 4 is 0 Å². The summed E-state index contributed by atoms with van der Waals surface area (Å²) in [5.74, 6) is 2.71. The molecule has 0 amide bonds. The molecule has 3 nitrogen and oxygen atoms in total. The van der Waals surface area contributed by atoms with Gasteiger partial charge in [0.15, 0.2) is 0 Å². The number of furan rings is 1. The Bertz CT molecular complexity index is 293. The molecular weight excluding hydrogens is 200 g/mol. The van der Waals surface area contributed by atoms with Crippen molar-refractivity contribution in [1.82, 2.24) is 10.2 Å². The van der Waals surface area contributed by atoms with Crippen LogP contribution in [0.1, 0.15) is 19.6 Å². The Morgan fingerprint density at radius 3 is 2.88 bits per heavy atom. The standard InChI is InChI=1S/C13H22N2O/c1-3-15(10-13-5-4-6-16-13)9-11(2)12-7-14-8-12/h4-6,11-12,14H,3,7-10H2,1-2H3. The Morgan fingerprint density at radius 1 is 1.56 bits per heavy atom. The smallest absolute Gasteiger partial charge is 0.117 e. The Balaban J connectivity index is 1.80. The zero-order valence-electron chi connectivity index (χ0n) is 10.3. The van der Waals surface area contributed by atoms with E-state index in [4.69, 9.17) is 4.42 Å². The first-order valence-electron chi connectivity index (χ1n) is 6.25. The van der Waals surface area contributed by atoms with Gasteiger partial charge in [0.05, 0.1) is 12.8 Å². The van der Waals surface area contributed by atoms with Gasteiger partial charge in [0.25, 0.3) is 0 Å². The first-order chi connectivity index (χ1) is 7.79. The predicted molar refractivity (Wildman–Crippen MR) is 65.2 cm³/mol. The molecule has 16 heavy (non-hydrogen) atoms. The fourth-order valence-electron chi connectivity index (χ4n) is 2.20. The number of hydrogen-bond donors (Lipinski definition) is 1. The highest BCUT2D eigenvalue weighted by Crippen LogP contribution is 2.18. The van der Waals surface area contributed by atoms with Crippen molar-refractivity contribution in [1.29, 1.82) is 0 Å². The summed E-state index contributed by atoms with van der Waals surface area (Å²) in [6, 6.07) is 4.01. The highest BCUT2D eigenvalue weighted by atomic mass is 16.3. The lowest BCUT2D eigenvalue weighted by Crippen LogP contribution is -2.48. The summed E-state index contributed by atoms with van der Waals surface area (Å²) < 4.78 is 5.39. The first kappa shape index (κ1) is 11.7. The Morgan fingerprint density at radius 2 is 2.38 bits per heavy atom. The monoisotopic (exact) mass is 222 g/mol. The molecule has 0 aromatic carbocycles. The minimum absolute atomic E-state index is 0.774. The minimum Gasteiger partial charge on any atom is -0.468 e. The molecule has 1 N–H and O–H groups in total. The van der Waals surface area contributed by atoms with Gasteiger partial charge in [-0.3, -0.25) is 4.90 Å². The number of nitrogens with one attached hydrogen (secondary N) is 1. The van der Waals surface area contributed by atoms with Crippen LogP contribution in [-0.2, 0) is 6.54 Å². The second-order valence-electron chi connectivity index (χ2n) is 4.80. The maximum atomic E-state index is 5.39. The highest BCUT2D eigenvalue weighted by Gasteiger charge is 2.24. The zero-order valence-corrected chi connectivity index (χ0v) is 10.3. The van der Waals surface area contributed by atoms with Gasteiger partial charge < -0.3 is 9.73 Å². The van der Waals surface area contributed by atoms with E-state index in [0.717, 1.165) is 30.7 Å². The average molecular weight is 222 g/mol. The summed E-state index contributed by atoms with van der Waals surface area (Å²) in [5, 5.41) is 3.34. The van der Waals surface area contributed by atoms with E-state index in [-0.39, 0.29) is 0 Å². The lowest BCUT2D eigenvalue weighted by molar-refractivity contribution is 0.159. The summed E-state index contributed by atoms with van der Waals surface area (Å²) in [6.45, 7) is 10.2. The summed E-state index contributed by atoms with van der Waals surface area (Å²) >= 11 is 0. The van der Waals surface area contributed by atoms with Crippen LogP contribution in [0.3, 0.4) is 0 Å². The van der Waals surface area contributed by atoms with Crippen molar-refractivity contribution in [3.63, 3.8) is 0 Å². The van der Waals surface area contributed by atoms with Crippen LogP contribution in [0.25, 0.3) is 0 Å². The van der Waals surface area contributed by atoms with E-state index in [2.05, 4.69) is 30.1 Å². The second kappa shape index (κ2) is 5.51. The Hall–Kier alpha value is -0.800. The molecular formula is C13H22N2O. The normalized spacial score (nSPS) is 18.7. The van der Waals surface area contributed by atoms with Crippen molar-refractivity contribution in [3.8, 4) is 0 Å². The van der Waals surface area contributed by atoms with Crippen molar-refractivity contribution in [2.45, 2.75) is 20.4 Å². The van der Waals surface area contributed by atoms with E-state index in [0.29, 0.717) is 0 Å². The van der Waals surface area contributed by atoms with Crippen LogP contribution in [0.15, 0.2) is 22.8 Å². The summed E-state index contributed by atoms with van der Waals surface area (Å²) in [4.78, 5) is 2.46. The van der Waals surface area contributed by atoms with Crippen LogP contribution >= 0.6 is 0 Å². The fourth-order valence-corrected chi connectivity index (χ4v) is 2.20. The highest BCUT2D eigenvalue weighted by molar-refractivity contribution is 4.98. The number of nitrogens with zero attached hydrogens (tertiary/aromatic N) is 1. The molecule has 90 valence electrons. The van der Waals surface area contributed by atoms with E-state index in [1.54, 1.807) is 6.26 Å². The van der Waals surface area contributed by atoms with E-state index in [1.165, 1.54) is 19.6 Å². The molecule has 0 aliphatic carbocycles. The van der Waals surface area contributed by atoms with Gasteiger partial charge in [-0.15, -0.1) is 0 Å². The summed E-state index contributed by atoms with van der Waals surface area (Å²) in [7, 11) is 0. The maximum Gasteiger partial charge on any atom is 0.117 e. The third kappa shape index (κ3) is 2.86. The number of hydrogen-bond acceptors (Lipinski definition) is 3. The first-order valence-corrected chi connectivity index (χ1v) is 6.25. The topological polar surface area (TPSA) is 28.4 Å². The van der Waals surface area contributed by atoms with Crippen molar-refractivity contribution < 1.29 is 4.42 Å². The molecule has 0 radical (unpaired) electrons. The van der Waals surface area contributed by atoms with E-state index in [1.807, 2.05) is 6.07 Å². The SMILES string of the molecule is CCN(Cc1ccco1)CC(C)C1CNC1. The van der Waals surface area contributed by atoms with Crippen LogP contribution in [-0.4, -0.2) is 31.1 Å². The molecule has 3 heteroatoms. The van der Waals surface area contributed by atoms with Crippen LogP contribution in [0.2, 0.25) is 0 Å². The molecule has 1 atom stereocenters. The van der Waals surface area contributed by atoms with Crippen LogP contribution in [0.5, 0.6) is 0 Å². The van der Waals surface area contributed by atoms with E-state index < -0.39 is 0 Å². The molecule has 1 unspecified atom stereocenters. The van der Waals surface area contributed by atoms with Crippen molar-refractivity contribution in [2.75, 3.05) is 26.2 Å². The average Bonchev–Trinajstić information content (AvgIpc) is 2.66. The van der Waals surface area contributed by atoms with Crippen LogP contribution in [0, 0.1) is 11.8 Å². The van der Waals surface area contributed by atoms with Crippen molar-refractivity contribution in [3.05, 3.63) is 24.2 Å². The van der Waals surface area contributed by atoms with E-state index >= 15 is 0 Å². The predicted octanol–water partition coefficient (Wildman–Crippen LogP) is 1.96. The molecule has 1 aliphatic rings. The lowest BCUT2D eigenvalue weighted by atomic mass is 9.88. The summed E-state index contributed by atoms with van der Waals surface area (Å²) in [5.41, 5.74) is 0. The Kier molecular flexibility index (Phi) is 4.02. The lowest BCUT2D eigenvalue weighted by Gasteiger charge is -2.35. The molecule has 1 aliphatic heterocycles. The molecule has 2 heterocycles. The van der Waals surface area contributed by atoms with Crippen molar-refractivity contribution in [2.24, 2.45) is 11.8 Å². The second-order valence-corrected chi connectivity index (χ2v) is 4.80. The van der Waals surface area contributed by atoms with Crippen LogP contribution < -0.4 is 5.32 Å². The molecule has 1 fully saturated rings. The van der Waals surface area contributed by atoms with Gasteiger partial charge in [0, 0.05) is 6.54 Å². The van der Waals surface area contributed by atoms with E-state index in [9.17, 15) is 0 Å². The van der Waals surface area contributed by atoms with Crippen LogP contribution in [0.4, 0.5) is 0 Å². The summed E-state index contributed by atoms with van der Waals surface area (Å²) in [6.07, 6.45) is 1.75. The fraction of sp³-hybridized carbons (Fsp3) is 0.692. The zero-order chi connectivity index (χ0) is 11.4. The third-order valence-electron chi connectivity index (χ3n) is 3.57. The molecule has 1 aromatic rings. The minimum atomic E-state index is 0.774. The maximum absolute atomic E-state index is 5.39. The molecule has 0 saturated carbocycles. The van der Waals surface area contributed by atoms with Gasteiger partial charge >= 0.3 is 0 Å². The quantitative estimate of drug-likeness (QED) is 0.797. The van der Waals surface area contributed by atoms with Gasteiger partial charge in [-0.2, -0.15) is 0 Å².